The van der Waals surface area contributed by atoms with Crippen LogP contribution in [0, 0.1) is 0 Å². The van der Waals surface area contributed by atoms with Gasteiger partial charge in [-0.05, 0) is 18.1 Å². The molecule has 1 heterocycles. The first-order chi connectivity index (χ1) is 13.1. The van der Waals surface area contributed by atoms with E-state index >= 15 is 0 Å². The second-order valence-corrected chi connectivity index (χ2v) is 6.28. The van der Waals surface area contributed by atoms with Gasteiger partial charge in [0.05, 0.1) is 7.11 Å². The predicted octanol–water partition coefficient (Wildman–Crippen LogP) is 2.02. The zero-order valence-electron chi connectivity index (χ0n) is 15.6. The zero-order chi connectivity index (χ0) is 19.5. The summed E-state index contributed by atoms with van der Waals surface area (Å²) in [5, 5.41) is 0. The van der Waals surface area contributed by atoms with Gasteiger partial charge in [-0.15, -0.1) is 0 Å². The molecule has 0 radical (unpaired) electrons. The molecule has 1 aromatic rings. The van der Waals surface area contributed by atoms with Gasteiger partial charge in [-0.3, -0.25) is 14.5 Å². The SMILES string of the molecule is COC(=O)CC(=O)/C=C/CCN1CCN(C(=O)OCc2ccccc2)CC1. The molecule has 2 rings (SSSR count). The fraction of sp³-hybridized carbons (Fsp3) is 0.450. The van der Waals surface area contributed by atoms with Crippen molar-refractivity contribution in [3.8, 4) is 0 Å². The third-order valence-corrected chi connectivity index (χ3v) is 4.30. The molecule has 1 saturated heterocycles. The average molecular weight is 374 g/mol. The number of hydrogen-bond donors (Lipinski definition) is 0. The van der Waals surface area contributed by atoms with Crippen LogP contribution in [0.25, 0.3) is 0 Å². The summed E-state index contributed by atoms with van der Waals surface area (Å²) in [4.78, 5) is 38.5. The van der Waals surface area contributed by atoms with Gasteiger partial charge in [0, 0.05) is 32.7 Å². The molecule has 0 bridgehead atoms. The number of esters is 1. The van der Waals surface area contributed by atoms with Gasteiger partial charge in [0.15, 0.2) is 5.78 Å². The van der Waals surface area contributed by atoms with E-state index in [1.807, 2.05) is 30.3 Å². The molecule has 146 valence electrons. The molecular formula is C20H26N2O5. The van der Waals surface area contributed by atoms with Crippen molar-refractivity contribution < 1.29 is 23.9 Å². The van der Waals surface area contributed by atoms with Crippen LogP contribution in [0.15, 0.2) is 42.5 Å². The minimum absolute atomic E-state index is 0.225. The summed E-state index contributed by atoms with van der Waals surface area (Å²) in [6.45, 7) is 3.87. The molecule has 1 amide bonds. The second-order valence-electron chi connectivity index (χ2n) is 6.28. The number of hydrogen-bond acceptors (Lipinski definition) is 6. The number of ether oxygens (including phenoxy) is 2. The van der Waals surface area contributed by atoms with Gasteiger partial charge >= 0.3 is 12.1 Å². The molecule has 1 aliphatic rings. The van der Waals surface area contributed by atoms with Gasteiger partial charge < -0.3 is 14.4 Å². The maximum absolute atomic E-state index is 12.1. The number of benzene rings is 1. The van der Waals surface area contributed by atoms with Crippen LogP contribution in [0.5, 0.6) is 0 Å². The Bertz CT molecular complexity index is 652. The van der Waals surface area contributed by atoms with Crippen LogP contribution >= 0.6 is 0 Å². The van der Waals surface area contributed by atoms with Crippen LogP contribution in [0.1, 0.15) is 18.4 Å². The Morgan fingerprint density at radius 2 is 1.78 bits per heavy atom. The van der Waals surface area contributed by atoms with Crippen LogP contribution in [-0.4, -0.2) is 67.5 Å². The standard InChI is InChI=1S/C20H26N2O5/c1-26-19(24)15-18(23)9-5-6-10-21-11-13-22(14-12-21)20(25)27-16-17-7-3-2-4-8-17/h2-5,7-9H,6,10-16H2,1H3/b9-5+. The quantitative estimate of drug-likeness (QED) is 0.394. The summed E-state index contributed by atoms with van der Waals surface area (Å²) < 4.78 is 9.80. The molecule has 7 nitrogen and oxygen atoms in total. The van der Waals surface area contributed by atoms with E-state index < -0.39 is 5.97 Å². The minimum Gasteiger partial charge on any atom is -0.469 e. The highest BCUT2D eigenvalue weighted by molar-refractivity contribution is 6.01. The maximum atomic E-state index is 12.1. The second kappa shape index (κ2) is 11.1. The van der Waals surface area contributed by atoms with E-state index in [0.29, 0.717) is 19.5 Å². The van der Waals surface area contributed by atoms with E-state index in [0.717, 1.165) is 25.2 Å². The van der Waals surface area contributed by atoms with Crippen LogP contribution in [0.2, 0.25) is 0 Å². The zero-order valence-corrected chi connectivity index (χ0v) is 15.6. The highest BCUT2D eigenvalue weighted by atomic mass is 16.6. The van der Waals surface area contributed by atoms with Crippen LogP contribution in [0.3, 0.4) is 0 Å². The Morgan fingerprint density at radius 1 is 1.07 bits per heavy atom. The Labute approximate surface area is 159 Å². The van der Waals surface area contributed by atoms with Crippen molar-refractivity contribution in [2.45, 2.75) is 19.4 Å². The van der Waals surface area contributed by atoms with Crippen LogP contribution < -0.4 is 0 Å². The smallest absolute Gasteiger partial charge is 0.410 e. The number of allylic oxidation sites excluding steroid dienone is 1. The van der Waals surface area contributed by atoms with Gasteiger partial charge in [-0.1, -0.05) is 36.4 Å². The number of ketones is 1. The molecule has 0 spiro atoms. The number of nitrogens with zero attached hydrogens (tertiary/aromatic N) is 2. The molecule has 0 N–H and O–H groups in total. The molecule has 0 aliphatic carbocycles. The molecule has 0 unspecified atom stereocenters. The molecule has 27 heavy (non-hydrogen) atoms. The van der Waals surface area contributed by atoms with E-state index in [9.17, 15) is 14.4 Å². The normalized spacial score (nSPS) is 14.9. The van der Waals surface area contributed by atoms with Crippen LogP contribution in [-0.2, 0) is 25.7 Å². The summed E-state index contributed by atoms with van der Waals surface area (Å²) in [6, 6.07) is 9.61. The number of amides is 1. The van der Waals surface area contributed by atoms with Crippen molar-refractivity contribution in [2.24, 2.45) is 0 Å². The lowest BCUT2D eigenvalue weighted by Crippen LogP contribution is -2.48. The molecule has 0 aromatic heterocycles. The monoisotopic (exact) mass is 374 g/mol. The van der Waals surface area contributed by atoms with E-state index in [2.05, 4.69) is 9.64 Å². The number of methoxy groups -OCH3 is 1. The van der Waals surface area contributed by atoms with Gasteiger partial charge in [0.2, 0.25) is 0 Å². The predicted molar refractivity (Wildman–Crippen MR) is 100 cm³/mol. The van der Waals surface area contributed by atoms with E-state index in [-0.39, 0.29) is 24.9 Å². The first-order valence-corrected chi connectivity index (χ1v) is 9.02. The Hall–Kier alpha value is -2.67. The lowest BCUT2D eigenvalue weighted by Gasteiger charge is -2.33. The number of piperazine rings is 1. The minimum atomic E-state index is -0.528. The van der Waals surface area contributed by atoms with E-state index in [1.54, 1.807) is 11.0 Å². The Kier molecular flexibility index (Phi) is 8.51. The maximum Gasteiger partial charge on any atom is 0.410 e. The van der Waals surface area contributed by atoms with Gasteiger partial charge in [-0.2, -0.15) is 0 Å². The first kappa shape index (κ1) is 20.6. The molecule has 1 fully saturated rings. The highest BCUT2D eigenvalue weighted by Gasteiger charge is 2.21. The van der Waals surface area contributed by atoms with Crippen molar-refractivity contribution >= 4 is 17.8 Å². The Balaban J connectivity index is 1.61. The lowest BCUT2D eigenvalue weighted by molar-refractivity contribution is -0.142. The number of carbonyl (C=O) groups is 3. The fourth-order valence-corrected chi connectivity index (χ4v) is 2.71. The van der Waals surface area contributed by atoms with Crippen molar-refractivity contribution in [3.63, 3.8) is 0 Å². The average Bonchev–Trinajstić information content (AvgIpc) is 2.70. The van der Waals surface area contributed by atoms with E-state index in [4.69, 9.17) is 4.74 Å². The summed E-state index contributed by atoms with van der Waals surface area (Å²) >= 11 is 0. The number of carbonyl (C=O) groups excluding carboxylic acids is 3. The highest BCUT2D eigenvalue weighted by Crippen LogP contribution is 2.07. The summed E-state index contributed by atoms with van der Waals surface area (Å²) in [7, 11) is 1.26. The van der Waals surface area contributed by atoms with Crippen molar-refractivity contribution in [1.82, 2.24) is 9.80 Å². The van der Waals surface area contributed by atoms with Crippen LogP contribution in [0.4, 0.5) is 4.79 Å². The number of rotatable bonds is 8. The molecular weight excluding hydrogens is 348 g/mol. The molecule has 0 saturated carbocycles. The first-order valence-electron chi connectivity index (χ1n) is 9.02. The van der Waals surface area contributed by atoms with Crippen molar-refractivity contribution in [2.75, 3.05) is 39.8 Å². The summed E-state index contributed by atoms with van der Waals surface area (Å²) in [5.41, 5.74) is 0.970. The lowest BCUT2D eigenvalue weighted by atomic mass is 10.2. The molecule has 1 aliphatic heterocycles. The molecule has 1 aromatic carbocycles. The molecule has 7 heteroatoms. The van der Waals surface area contributed by atoms with Gasteiger partial charge in [0.1, 0.15) is 13.0 Å². The fourth-order valence-electron chi connectivity index (χ4n) is 2.71. The summed E-state index contributed by atoms with van der Waals surface area (Å²) in [5.74, 6) is -0.784. The molecule has 0 atom stereocenters. The van der Waals surface area contributed by atoms with E-state index in [1.165, 1.54) is 13.2 Å². The Morgan fingerprint density at radius 3 is 2.44 bits per heavy atom. The van der Waals surface area contributed by atoms with Gasteiger partial charge in [-0.25, -0.2) is 4.79 Å². The topological polar surface area (TPSA) is 76.2 Å². The van der Waals surface area contributed by atoms with Gasteiger partial charge in [0.25, 0.3) is 0 Å². The third kappa shape index (κ3) is 7.62. The largest absolute Gasteiger partial charge is 0.469 e. The summed E-state index contributed by atoms with van der Waals surface area (Å²) in [6.07, 6.45) is 3.40. The third-order valence-electron chi connectivity index (χ3n) is 4.30. The van der Waals surface area contributed by atoms with Crippen molar-refractivity contribution in [3.05, 3.63) is 48.0 Å². The van der Waals surface area contributed by atoms with Crippen molar-refractivity contribution in [1.29, 1.82) is 0 Å².